The number of hydrogen-bond acceptors (Lipinski definition) is 3. The molecule has 1 aromatic heterocycles. The quantitative estimate of drug-likeness (QED) is 0.915. The lowest BCUT2D eigenvalue weighted by Gasteiger charge is -2.41. The smallest absolute Gasteiger partial charge is 0.139 e. The molecule has 2 N–H and O–H groups in total. The fraction of sp³-hybridized carbons (Fsp3) is 0.545. The lowest BCUT2D eigenvalue weighted by molar-refractivity contribution is -0.0128. The van der Waals surface area contributed by atoms with Crippen LogP contribution in [0.2, 0.25) is 0 Å². The highest BCUT2D eigenvalue weighted by atomic mass is 79.9. The average molecular weight is 271 g/mol. The molecule has 0 bridgehead atoms. The Bertz CT molecular complexity index is 339. The second kappa shape index (κ2) is 4.49. The van der Waals surface area contributed by atoms with Gasteiger partial charge in [0.25, 0.3) is 0 Å². The normalized spacial score (nSPS) is 18.3. The number of aromatic nitrogens is 1. The number of pyridine rings is 1. The van der Waals surface area contributed by atoms with Gasteiger partial charge in [-0.2, -0.15) is 0 Å². The van der Waals surface area contributed by atoms with Crippen LogP contribution in [0.15, 0.2) is 22.9 Å². The lowest BCUT2D eigenvalue weighted by Crippen LogP contribution is -2.44. The summed E-state index contributed by atoms with van der Waals surface area (Å²) >= 11 is 3.38. The standard InChI is InChI=1S/C11H15BrN2O/c12-9-6-10(8-14-7-9)15-11(4-5-13)2-1-3-11/h6-8H,1-5,13H2. The van der Waals surface area contributed by atoms with Crippen molar-refractivity contribution in [2.75, 3.05) is 6.54 Å². The van der Waals surface area contributed by atoms with Gasteiger partial charge < -0.3 is 10.5 Å². The van der Waals surface area contributed by atoms with Crippen LogP contribution in [0.25, 0.3) is 0 Å². The van der Waals surface area contributed by atoms with E-state index in [9.17, 15) is 0 Å². The van der Waals surface area contributed by atoms with E-state index in [-0.39, 0.29) is 5.60 Å². The van der Waals surface area contributed by atoms with Crippen molar-refractivity contribution in [3.05, 3.63) is 22.9 Å². The Morgan fingerprint density at radius 3 is 2.80 bits per heavy atom. The molecule has 0 spiro atoms. The highest BCUT2D eigenvalue weighted by Gasteiger charge is 2.38. The summed E-state index contributed by atoms with van der Waals surface area (Å²) in [5.41, 5.74) is 5.59. The van der Waals surface area contributed by atoms with Gasteiger partial charge in [0, 0.05) is 10.7 Å². The molecule has 0 aromatic carbocycles. The van der Waals surface area contributed by atoms with Gasteiger partial charge in [-0.1, -0.05) is 0 Å². The molecule has 1 aromatic rings. The molecule has 0 saturated heterocycles. The molecule has 0 unspecified atom stereocenters. The number of nitrogens with two attached hydrogens (primary N) is 1. The molecule has 3 nitrogen and oxygen atoms in total. The fourth-order valence-electron chi connectivity index (χ4n) is 1.94. The zero-order chi connectivity index (χ0) is 10.7. The molecule has 4 heteroatoms. The highest BCUT2D eigenvalue weighted by Crippen LogP contribution is 2.39. The molecule has 1 aliphatic carbocycles. The Kier molecular flexibility index (Phi) is 3.26. The molecule has 0 aliphatic heterocycles. The second-order valence-corrected chi connectivity index (χ2v) is 4.93. The maximum absolute atomic E-state index is 5.99. The molecule has 0 amide bonds. The van der Waals surface area contributed by atoms with E-state index in [1.807, 2.05) is 6.07 Å². The Balaban J connectivity index is 2.06. The molecule has 1 fully saturated rings. The number of hydrogen-bond donors (Lipinski definition) is 1. The number of ether oxygens (including phenoxy) is 1. The van der Waals surface area contributed by atoms with E-state index in [1.54, 1.807) is 12.4 Å². The second-order valence-electron chi connectivity index (χ2n) is 4.02. The monoisotopic (exact) mass is 270 g/mol. The van der Waals surface area contributed by atoms with Gasteiger partial charge in [0.1, 0.15) is 11.4 Å². The third kappa shape index (κ3) is 2.49. The minimum absolute atomic E-state index is 0.0166. The molecule has 2 rings (SSSR count). The van der Waals surface area contributed by atoms with Crippen LogP contribution in [-0.2, 0) is 0 Å². The first-order valence-electron chi connectivity index (χ1n) is 5.24. The van der Waals surface area contributed by atoms with Gasteiger partial charge in [0.05, 0.1) is 6.20 Å². The zero-order valence-corrected chi connectivity index (χ0v) is 10.2. The molecule has 0 radical (unpaired) electrons. The molecule has 1 aliphatic rings. The minimum atomic E-state index is -0.0166. The van der Waals surface area contributed by atoms with Crippen LogP contribution >= 0.6 is 15.9 Å². The highest BCUT2D eigenvalue weighted by molar-refractivity contribution is 9.10. The lowest BCUT2D eigenvalue weighted by atomic mass is 9.77. The minimum Gasteiger partial charge on any atom is -0.486 e. The first kappa shape index (κ1) is 10.9. The number of halogens is 1. The van der Waals surface area contributed by atoms with E-state index in [4.69, 9.17) is 10.5 Å². The number of nitrogens with zero attached hydrogens (tertiary/aromatic N) is 1. The molecular formula is C11H15BrN2O. The largest absolute Gasteiger partial charge is 0.486 e. The van der Waals surface area contributed by atoms with Gasteiger partial charge in [0.2, 0.25) is 0 Å². The molecule has 0 atom stereocenters. The van der Waals surface area contributed by atoms with Crippen molar-refractivity contribution < 1.29 is 4.74 Å². The van der Waals surface area contributed by atoms with Crippen molar-refractivity contribution in [1.29, 1.82) is 0 Å². The Morgan fingerprint density at radius 2 is 2.27 bits per heavy atom. The zero-order valence-electron chi connectivity index (χ0n) is 8.58. The predicted molar refractivity (Wildman–Crippen MR) is 62.8 cm³/mol. The van der Waals surface area contributed by atoms with Crippen LogP contribution < -0.4 is 10.5 Å². The van der Waals surface area contributed by atoms with Gasteiger partial charge in [0.15, 0.2) is 0 Å². The van der Waals surface area contributed by atoms with Gasteiger partial charge in [-0.3, -0.25) is 4.98 Å². The summed E-state index contributed by atoms with van der Waals surface area (Å²) in [5, 5.41) is 0. The molecular weight excluding hydrogens is 256 g/mol. The summed E-state index contributed by atoms with van der Waals surface area (Å²) in [6.45, 7) is 0.682. The van der Waals surface area contributed by atoms with E-state index >= 15 is 0 Å². The first-order valence-corrected chi connectivity index (χ1v) is 6.03. The van der Waals surface area contributed by atoms with Gasteiger partial charge in [-0.15, -0.1) is 0 Å². The maximum atomic E-state index is 5.99. The summed E-state index contributed by atoms with van der Waals surface area (Å²) in [6, 6.07) is 1.95. The molecule has 1 heterocycles. The van der Waals surface area contributed by atoms with Crippen LogP contribution in [0.4, 0.5) is 0 Å². The summed E-state index contributed by atoms with van der Waals surface area (Å²) < 4.78 is 6.93. The third-order valence-electron chi connectivity index (χ3n) is 2.88. The fourth-order valence-corrected chi connectivity index (χ4v) is 2.28. The summed E-state index contributed by atoms with van der Waals surface area (Å²) in [4.78, 5) is 4.08. The Hall–Kier alpha value is -0.610. The van der Waals surface area contributed by atoms with E-state index in [2.05, 4.69) is 20.9 Å². The van der Waals surface area contributed by atoms with E-state index in [0.29, 0.717) is 6.54 Å². The average Bonchev–Trinajstić information content (AvgIpc) is 2.15. The molecule has 1 saturated carbocycles. The van der Waals surface area contributed by atoms with Crippen molar-refractivity contribution in [2.45, 2.75) is 31.3 Å². The maximum Gasteiger partial charge on any atom is 0.139 e. The molecule has 82 valence electrons. The molecule has 15 heavy (non-hydrogen) atoms. The Morgan fingerprint density at radius 1 is 1.47 bits per heavy atom. The van der Waals surface area contributed by atoms with Crippen LogP contribution in [0.3, 0.4) is 0 Å². The van der Waals surface area contributed by atoms with Crippen molar-refractivity contribution in [1.82, 2.24) is 4.98 Å². The summed E-state index contributed by atoms with van der Waals surface area (Å²) in [7, 11) is 0. The van der Waals surface area contributed by atoms with Crippen molar-refractivity contribution in [3.8, 4) is 5.75 Å². The van der Waals surface area contributed by atoms with Crippen molar-refractivity contribution >= 4 is 15.9 Å². The van der Waals surface area contributed by atoms with E-state index in [0.717, 1.165) is 29.5 Å². The summed E-state index contributed by atoms with van der Waals surface area (Å²) in [5.74, 6) is 0.831. The first-order chi connectivity index (χ1) is 7.24. The van der Waals surface area contributed by atoms with Crippen LogP contribution in [0.5, 0.6) is 5.75 Å². The van der Waals surface area contributed by atoms with Gasteiger partial charge >= 0.3 is 0 Å². The van der Waals surface area contributed by atoms with Crippen LogP contribution in [0, 0.1) is 0 Å². The van der Waals surface area contributed by atoms with E-state index in [1.165, 1.54) is 6.42 Å². The van der Waals surface area contributed by atoms with Crippen molar-refractivity contribution in [3.63, 3.8) is 0 Å². The van der Waals surface area contributed by atoms with Gasteiger partial charge in [-0.25, -0.2) is 0 Å². The number of rotatable bonds is 4. The predicted octanol–water partition coefficient (Wildman–Crippen LogP) is 2.49. The third-order valence-corrected chi connectivity index (χ3v) is 3.31. The topological polar surface area (TPSA) is 48.1 Å². The van der Waals surface area contributed by atoms with E-state index < -0.39 is 0 Å². The van der Waals surface area contributed by atoms with Crippen LogP contribution in [-0.4, -0.2) is 17.1 Å². The van der Waals surface area contributed by atoms with Crippen LogP contribution in [0.1, 0.15) is 25.7 Å². The summed E-state index contributed by atoms with van der Waals surface area (Å²) in [6.07, 6.45) is 7.89. The Labute approximate surface area is 98.2 Å². The van der Waals surface area contributed by atoms with Crippen molar-refractivity contribution in [2.24, 2.45) is 5.73 Å². The SMILES string of the molecule is NCCC1(Oc2cncc(Br)c2)CCC1. The van der Waals surface area contributed by atoms with Gasteiger partial charge in [-0.05, 0) is 54.2 Å².